The van der Waals surface area contributed by atoms with E-state index in [0.29, 0.717) is 28.3 Å². The lowest BCUT2D eigenvalue weighted by molar-refractivity contribution is -0.137. The molecule has 0 atom stereocenters. The van der Waals surface area contributed by atoms with Crippen molar-refractivity contribution in [1.82, 2.24) is 5.32 Å². The van der Waals surface area contributed by atoms with Crippen molar-refractivity contribution >= 4 is 47.1 Å². The van der Waals surface area contributed by atoms with Gasteiger partial charge < -0.3 is 10.2 Å². The van der Waals surface area contributed by atoms with Gasteiger partial charge in [0.2, 0.25) is 0 Å². The Kier molecular flexibility index (Phi) is 8.72. The van der Waals surface area contributed by atoms with Crippen LogP contribution in [-0.2, 0) is 11.0 Å². The highest BCUT2D eigenvalue weighted by Gasteiger charge is 2.30. The predicted molar refractivity (Wildman–Crippen MR) is 141 cm³/mol. The molecule has 1 aliphatic heterocycles. The Morgan fingerprint density at radius 2 is 1.86 bits per heavy atom. The molecule has 0 spiro atoms. The number of alkyl halides is 3. The maximum absolute atomic E-state index is 12.9. The van der Waals surface area contributed by atoms with Gasteiger partial charge in [-0.1, -0.05) is 43.2 Å². The van der Waals surface area contributed by atoms with E-state index in [-0.39, 0.29) is 11.8 Å². The second-order valence-electron chi connectivity index (χ2n) is 9.02. The zero-order valence-corrected chi connectivity index (χ0v) is 21.7. The quantitative estimate of drug-likeness (QED) is 0.307. The van der Waals surface area contributed by atoms with Gasteiger partial charge in [0.25, 0.3) is 11.8 Å². The number of hydrogen-bond acceptors (Lipinski definition) is 4. The molecule has 4 nitrogen and oxygen atoms in total. The molecule has 0 unspecified atom stereocenters. The third-order valence-electron chi connectivity index (χ3n) is 6.37. The van der Waals surface area contributed by atoms with Crippen molar-refractivity contribution in [2.75, 3.05) is 24.2 Å². The summed E-state index contributed by atoms with van der Waals surface area (Å²) in [6.45, 7) is 0.610. The normalized spacial score (nSPS) is 17.8. The molecule has 9 heteroatoms. The number of amides is 2. The van der Waals surface area contributed by atoms with Crippen LogP contribution in [0.5, 0.6) is 0 Å². The highest BCUT2D eigenvalue weighted by molar-refractivity contribution is 8.04. The molecule has 1 fully saturated rings. The average molecular weight is 535 g/mol. The molecule has 4 rings (SSSR count). The van der Waals surface area contributed by atoms with Crippen LogP contribution in [0.3, 0.4) is 0 Å². The first kappa shape index (κ1) is 26.7. The van der Waals surface area contributed by atoms with Gasteiger partial charge in [-0.15, -0.1) is 0 Å². The van der Waals surface area contributed by atoms with Gasteiger partial charge in [0.1, 0.15) is 0 Å². The van der Waals surface area contributed by atoms with Crippen molar-refractivity contribution in [3.63, 3.8) is 0 Å². The molecule has 2 aliphatic rings. The van der Waals surface area contributed by atoms with Crippen LogP contribution in [0, 0.1) is 0 Å². The van der Waals surface area contributed by atoms with Crippen LogP contribution in [0.4, 0.5) is 18.9 Å². The zero-order chi connectivity index (χ0) is 25.7. The molecular weight excluding hydrogens is 505 g/mol. The standard InChI is InChI=1S/C27H29F3N2O2S2/c1-32-22-17-19(25(33)31-14-5-15-35-21-6-3-2-4-7-21)10-13-23(22)36-24(26(32)34)16-18-8-11-20(12-9-18)27(28,29)30/h8-13,16-17,21H,2-7,14-15H2,1H3,(H,31,33). The fourth-order valence-corrected chi connectivity index (χ4v) is 6.72. The maximum Gasteiger partial charge on any atom is 0.416 e. The van der Waals surface area contributed by atoms with Gasteiger partial charge in [-0.25, -0.2) is 0 Å². The summed E-state index contributed by atoms with van der Waals surface area (Å²) in [6.07, 6.45) is 4.71. The molecule has 1 N–H and O–H groups in total. The molecule has 0 aromatic heterocycles. The topological polar surface area (TPSA) is 49.4 Å². The average Bonchev–Trinajstić information content (AvgIpc) is 2.87. The van der Waals surface area contributed by atoms with E-state index in [1.54, 1.807) is 31.3 Å². The molecule has 36 heavy (non-hydrogen) atoms. The molecule has 0 bridgehead atoms. The lowest BCUT2D eigenvalue weighted by Gasteiger charge is -2.27. The highest BCUT2D eigenvalue weighted by Crippen LogP contribution is 2.42. The highest BCUT2D eigenvalue weighted by atomic mass is 32.2. The lowest BCUT2D eigenvalue weighted by Crippen LogP contribution is -2.31. The summed E-state index contributed by atoms with van der Waals surface area (Å²) in [4.78, 5) is 28.3. The monoisotopic (exact) mass is 534 g/mol. The minimum absolute atomic E-state index is 0.169. The Bertz CT molecular complexity index is 1130. The van der Waals surface area contributed by atoms with Crippen LogP contribution in [0.2, 0.25) is 0 Å². The molecular formula is C27H29F3N2O2S2. The smallest absolute Gasteiger partial charge is 0.352 e. The predicted octanol–water partition coefficient (Wildman–Crippen LogP) is 7.00. The van der Waals surface area contributed by atoms with Crippen LogP contribution in [0.15, 0.2) is 52.3 Å². The van der Waals surface area contributed by atoms with Crippen molar-refractivity contribution in [2.45, 2.75) is 54.8 Å². The summed E-state index contributed by atoms with van der Waals surface area (Å²) < 4.78 is 38.4. The molecule has 192 valence electrons. The van der Waals surface area contributed by atoms with Crippen LogP contribution >= 0.6 is 23.5 Å². The van der Waals surface area contributed by atoms with E-state index in [1.807, 2.05) is 11.8 Å². The number of rotatable bonds is 7. The Labute approximate surface area is 218 Å². The SMILES string of the molecule is CN1C(=O)C(=Cc2ccc(C(F)(F)F)cc2)Sc2ccc(C(=O)NCCCSC3CCCCC3)cc21. The van der Waals surface area contributed by atoms with Crippen LogP contribution in [0.25, 0.3) is 6.08 Å². The molecule has 2 aromatic carbocycles. The fourth-order valence-electron chi connectivity index (χ4n) is 4.31. The van der Waals surface area contributed by atoms with E-state index in [2.05, 4.69) is 5.32 Å². The molecule has 1 saturated carbocycles. The van der Waals surface area contributed by atoms with Crippen molar-refractivity contribution in [3.8, 4) is 0 Å². The van der Waals surface area contributed by atoms with Crippen LogP contribution in [0.1, 0.15) is 60.0 Å². The summed E-state index contributed by atoms with van der Waals surface area (Å²) in [6, 6.07) is 9.94. The van der Waals surface area contributed by atoms with E-state index < -0.39 is 11.7 Å². The third kappa shape index (κ3) is 6.68. The van der Waals surface area contributed by atoms with E-state index in [4.69, 9.17) is 0 Å². The Hall–Kier alpha value is -2.39. The van der Waals surface area contributed by atoms with E-state index in [9.17, 15) is 22.8 Å². The van der Waals surface area contributed by atoms with Gasteiger partial charge in [-0.05, 0) is 67.0 Å². The Morgan fingerprint density at radius 3 is 2.56 bits per heavy atom. The van der Waals surface area contributed by atoms with Crippen LogP contribution < -0.4 is 10.2 Å². The summed E-state index contributed by atoms with van der Waals surface area (Å²) in [7, 11) is 1.63. The largest absolute Gasteiger partial charge is 0.416 e. The second-order valence-corrected chi connectivity index (χ2v) is 11.5. The van der Waals surface area contributed by atoms with Crippen molar-refractivity contribution in [2.24, 2.45) is 0 Å². The number of nitrogens with zero attached hydrogens (tertiary/aromatic N) is 1. The number of benzene rings is 2. The van der Waals surface area contributed by atoms with Crippen molar-refractivity contribution in [3.05, 3.63) is 64.1 Å². The summed E-state index contributed by atoms with van der Waals surface area (Å²) >= 11 is 3.26. The van der Waals surface area contributed by atoms with Gasteiger partial charge >= 0.3 is 6.18 Å². The van der Waals surface area contributed by atoms with Gasteiger partial charge in [0.05, 0.1) is 16.2 Å². The molecule has 0 saturated heterocycles. The zero-order valence-electron chi connectivity index (χ0n) is 20.1. The molecule has 1 heterocycles. The fraction of sp³-hybridized carbons (Fsp3) is 0.407. The Balaban J connectivity index is 1.35. The summed E-state index contributed by atoms with van der Waals surface area (Å²) in [5.41, 5.74) is 0.899. The minimum Gasteiger partial charge on any atom is -0.352 e. The molecule has 0 radical (unpaired) electrons. The van der Waals surface area contributed by atoms with E-state index in [0.717, 1.165) is 34.5 Å². The summed E-state index contributed by atoms with van der Waals surface area (Å²) in [5, 5.41) is 3.73. The number of thioether (sulfide) groups is 2. The number of likely N-dealkylation sites (N-methyl/N-ethyl adjacent to an activating group) is 1. The third-order valence-corrected chi connectivity index (χ3v) is 8.91. The molecule has 2 aromatic rings. The van der Waals surface area contributed by atoms with E-state index >= 15 is 0 Å². The van der Waals surface area contributed by atoms with Gasteiger partial charge in [0.15, 0.2) is 0 Å². The van der Waals surface area contributed by atoms with Gasteiger partial charge in [0, 0.05) is 29.3 Å². The number of anilines is 1. The first-order chi connectivity index (χ1) is 17.2. The van der Waals surface area contributed by atoms with E-state index in [1.165, 1.54) is 60.9 Å². The van der Waals surface area contributed by atoms with Crippen LogP contribution in [-0.4, -0.2) is 36.4 Å². The first-order valence-corrected chi connectivity index (χ1v) is 14.0. The lowest BCUT2D eigenvalue weighted by atomic mass is 10.0. The Morgan fingerprint density at radius 1 is 1.14 bits per heavy atom. The first-order valence-electron chi connectivity index (χ1n) is 12.1. The second kappa shape index (κ2) is 11.8. The van der Waals surface area contributed by atoms with Crippen molar-refractivity contribution in [1.29, 1.82) is 0 Å². The van der Waals surface area contributed by atoms with Gasteiger partial charge in [-0.2, -0.15) is 24.9 Å². The number of nitrogens with one attached hydrogen (secondary N) is 1. The molecule has 2 amide bonds. The number of carbonyl (C=O) groups is 2. The summed E-state index contributed by atoms with van der Waals surface area (Å²) in [5.74, 6) is 0.596. The number of fused-ring (bicyclic) bond motifs is 1. The number of halogens is 3. The number of hydrogen-bond donors (Lipinski definition) is 1. The molecule has 1 aliphatic carbocycles. The van der Waals surface area contributed by atoms with Crippen molar-refractivity contribution < 1.29 is 22.8 Å². The van der Waals surface area contributed by atoms with Gasteiger partial charge in [-0.3, -0.25) is 9.59 Å². The number of carbonyl (C=O) groups excluding carboxylic acids is 2. The minimum atomic E-state index is -4.40. The maximum atomic E-state index is 12.9.